The van der Waals surface area contributed by atoms with E-state index in [9.17, 15) is 0 Å². The quantitative estimate of drug-likeness (QED) is 0.130. The molecule has 0 fully saturated rings. The van der Waals surface area contributed by atoms with E-state index in [-0.39, 0.29) is 34.0 Å². The third-order valence-electron chi connectivity index (χ3n) is 9.25. The molecule has 0 amide bonds. The fourth-order valence-corrected chi connectivity index (χ4v) is 32.0. The standard InChI is InChI=1S/C40H36P2.2BrH/c1-3-41(35-23-11-5-12-24-35,36-25-13-6-14-26-36,37-27-15-7-16-28-37)42(4-2,38-29-17-8-18-30-38,39-31-19-9-20-32-39)40-33-21-10-22-34-40;;/h3-34H,1-2H2;2*1H. The van der Waals surface area contributed by atoms with Gasteiger partial charge in [-0.15, -0.1) is 34.0 Å². The van der Waals surface area contributed by atoms with Crippen molar-refractivity contribution in [2.45, 2.75) is 0 Å². The van der Waals surface area contributed by atoms with Gasteiger partial charge in [0.1, 0.15) is 0 Å². The molecule has 222 valence electrons. The minimum absolute atomic E-state index is 0. The van der Waals surface area contributed by atoms with Crippen molar-refractivity contribution >= 4 is 78.4 Å². The molecule has 4 heteroatoms. The van der Waals surface area contributed by atoms with E-state index in [0.717, 1.165) is 0 Å². The molecule has 0 nitrogen and oxygen atoms in total. The third kappa shape index (κ3) is 4.02. The summed E-state index contributed by atoms with van der Waals surface area (Å²) in [6, 6.07) is 66.9. The van der Waals surface area contributed by atoms with Gasteiger partial charge in [-0.25, -0.2) is 0 Å². The maximum absolute atomic E-state index is 4.91. The van der Waals surface area contributed by atoms with Crippen molar-refractivity contribution in [1.29, 1.82) is 0 Å². The Morgan fingerprint density at radius 1 is 0.273 bits per heavy atom. The molecular weight excluding hydrogens is 702 g/mol. The van der Waals surface area contributed by atoms with Crippen LogP contribution in [0, 0.1) is 0 Å². The molecule has 6 aromatic rings. The summed E-state index contributed by atoms with van der Waals surface area (Å²) in [4.78, 5) is 0. The average molecular weight is 741 g/mol. The molecule has 0 aliphatic rings. The van der Waals surface area contributed by atoms with Crippen LogP contribution in [-0.4, -0.2) is 0 Å². The Bertz CT molecular complexity index is 1470. The Labute approximate surface area is 283 Å². The molecule has 0 spiro atoms. The Kier molecular flexibility index (Phi) is 10.1. The molecule has 6 aromatic carbocycles. The van der Waals surface area contributed by atoms with Crippen LogP contribution in [0.15, 0.2) is 207 Å². The topological polar surface area (TPSA) is 0 Å². The van der Waals surface area contributed by atoms with E-state index >= 15 is 0 Å². The second-order valence-electron chi connectivity index (χ2n) is 10.7. The van der Waals surface area contributed by atoms with Crippen LogP contribution in [0.1, 0.15) is 0 Å². The van der Waals surface area contributed by atoms with Crippen LogP contribution in [0.4, 0.5) is 0 Å². The monoisotopic (exact) mass is 738 g/mol. The van der Waals surface area contributed by atoms with Crippen molar-refractivity contribution in [3.63, 3.8) is 0 Å². The van der Waals surface area contributed by atoms with Crippen molar-refractivity contribution in [2.24, 2.45) is 0 Å². The van der Waals surface area contributed by atoms with Gasteiger partial charge >= 0.3 is 251 Å². The van der Waals surface area contributed by atoms with Gasteiger partial charge in [0, 0.05) is 0 Å². The van der Waals surface area contributed by atoms with E-state index in [4.69, 9.17) is 13.2 Å². The predicted octanol–water partition coefficient (Wildman–Crippen LogP) is 9.40. The summed E-state index contributed by atoms with van der Waals surface area (Å²) in [6.07, 6.45) is -7.77. The Hall–Kier alpha value is -3.38. The van der Waals surface area contributed by atoms with E-state index in [1.807, 2.05) is 0 Å². The Morgan fingerprint density at radius 3 is 0.523 bits per heavy atom. The number of hydrogen-bond acceptors (Lipinski definition) is 0. The molecule has 0 atom stereocenters. The van der Waals surface area contributed by atoms with Gasteiger partial charge in [-0.1, -0.05) is 0 Å². The van der Waals surface area contributed by atoms with Gasteiger partial charge < -0.3 is 0 Å². The van der Waals surface area contributed by atoms with Crippen LogP contribution >= 0.6 is 46.5 Å². The summed E-state index contributed by atoms with van der Waals surface area (Å²) in [5.74, 6) is 4.75. The maximum atomic E-state index is 4.91. The van der Waals surface area contributed by atoms with Crippen LogP contribution in [0.25, 0.3) is 0 Å². The van der Waals surface area contributed by atoms with Crippen molar-refractivity contribution in [2.75, 3.05) is 0 Å². The van der Waals surface area contributed by atoms with Crippen LogP contribution < -0.4 is 31.8 Å². The van der Waals surface area contributed by atoms with Crippen molar-refractivity contribution in [3.8, 4) is 0 Å². The predicted molar refractivity (Wildman–Crippen MR) is 211 cm³/mol. The fraction of sp³-hybridized carbons (Fsp3) is 0. The second kappa shape index (κ2) is 13.3. The van der Waals surface area contributed by atoms with E-state index in [1.54, 1.807) is 0 Å². The van der Waals surface area contributed by atoms with Crippen molar-refractivity contribution in [3.05, 3.63) is 207 Å². The summed E-state index contributed by atoms with van der Waals surface area (Å²) >= 11 is 0. The zero-order valence-electron chi connectivity index (χ0n) is 24.6. The molecule has 0 radical (unpaired) electrons. The molecule has 44 heavy (non-hydrogen) atoms. The van der Waals surface area contributed by atoms with Crippen LogP contribution in [-0.2, 0) is 0 Å². The first-order valence-electron chi connectivity index (χ1n) is 14.3. The van der Waals surface area contributed by atoms with E-state index in [0.29, 0.717) is 0 Å². The first kappa shape index (κ1) is 33.5. The first-order chi connectivity index (χ1) is 20.7. The van der Waals surface area contributed by atoms with Crippen LogP contribution in [0.2, 0.25) is 0 Å². The molecule has 0 aliphatic heterocycles. The number of rotatable bonds is 9. The van der Waals surface area contributed by atoms with Gasteiger partial charge in [0.25, 0.3) is 0 Å². The number of benzene rings is 6. The van der Waals surface area contributed by atoms with Gasteiger partial charge in [0.2, 0.25) is 0 Å². The van der Waals surface area contributed by atoms with Gasteiger partial charge in [-0.3, -0.25) is 0 Å². The molecule has 0 unspecified atom stereocenters. The number of hydrogen-bond donors (Lipinski definition) is 0. The first-order valence-corrected chi connectivity index (χ1v) is 19.7. The molecule has 0 bridgehead atoms. The summed E-state index contributed by atoms with van der Waals surface area (Å²) < 4.78 is 0. The Balaban J connectivity index is 0.00000221. The summed E-state index contributed by atoms with van der Waals surface area (Å²) in [5.41, 5.74) is 0. The summed E-state index contributed by atoms with van der Waals surface area (Å²) in [7, 11) is 0. The molecule has 0 N–H and O–H groups in total. The fourth-order valence-electron chi connectivity index (χ4n) is 7.68. The third-order valence-corrected chi connectivity index (χ3v) is 30.8. The van der Waals surface area contributed by atoms with Crippen molar-refractivity contribution in [1.82, 2.24) is 0 Å². The van der Waals surface area contributed by atoms with Crippen molar-refractivity contribution < 1.29 is 0 Å². The summed E-state index contributed by atoms with van der Waals surface area (Å²) in [5, 5.41) is 7.61. The molecule has 0 aliphatic carbocycles. The van der Waals surface area contributed by atoms with Gasteiger partial charge in [0.15, 0.2) is 0 Å². The molecule has 0 saturated heterocycles. The molecular formula is C40H38Br2P2. The second-order valence-corrected chi connectivity index (χ2v) is 24.0. The van der Waals surface area contributed by atoms with Crippen LogP contribution in [0.3, 0.4) is 0 Å². The molecule has 6 rings (SSSR count). The average Bonchev–Trinajstić information content (AvgIpc) is 3.10. The molecule has 0 heterocycles. The Morgan fingerprint density at radius 2 is 0.409 bits per heavy atom. The normalized spacial score (nSPS) is 12.9. The SMILES string of the molecule is Br.Br.C=CP(c1ccccc1)(c1ccccc1)(c1ccccc1)P(C=C)(c1ccccc1)(c1ccccc1)c1ccccc1. The summed E-state index contributed by atoms with van der Waals surface area (Å²) in [6.45, 7) is 9.83. The van der Waals surface area contributed by atoms with Gasteiger partial charge in [0.05, 0.1) is 0 Å². The van der Waals surface area contributed by atoms with E-state index in [1.165, 1.54) is 31.8 Å². The zero-order valence-corrected chi connectivity index (χ0v) is 29.8. The van der Waals surface area contributed by atoms with Gasteiger partial charge in [-0.2, -0.15) is 0 Å². The molecule has 0 aromatic heterocycles. The molecule has 0 saturated carbocycles. The minimum atomic E-state index is -3.88. The number of halogens is 2. The van der Waals surface area contributed by atoms with Crippen LogP contribution in [0.5, 0.6) is 0 Å². The van der Waals surface area contributed by atoms with Gasteiger partial charge in [-0.05, 0) is 0 Å². The van der Waals surface area contributed by atoms with E-state index in [2.05, 4.69) is 194 Å². The van der Waals surface area contributed by atoms with E-state index < -0.39 is 12.6 Å². The zero-order chi connectivity index (χ0) is 29.0.